The number of hydrogen-bond acceptors (Lipinski definition) is 3. The maximum absolute atomic E-state index is 12.6. The van der Waals surface area contributed by atoms with Crippen molar-refractivity contribution >= 4 is 11.8 Å². The Labute approximate surface area is 136 Å². The molecule has 0 spiro atoms. The number of hydrogen-bond donors (Lipinski definition) is 2. The zero-order valence-electron chi connectivity index (χ0n) is 13.5. The Morgan fingerprint density at radius 1 is 1.22 bits per heavy atom. The Morgan fingerprint density at radius 3 is 2.65 bits per heavy atom. The van der Waals surface area contributed by atoms with E-state index < -0.39 is 6.04 Å². The van der Waals surface area contributed by atoms with Crippen LogP contribution in [-0.4, -0.2) is 40.4 Å². The molecule has 23 heavy (non-hydrogen) atoms. The normalized spacial score (nSPS) is 22.4. The maximum atomic E-state index is 12.6. The van der Waals surface area contributed by atoms with Gasteiger partial charge in [0.25, 0.3) is 5.91 Å². The van der Waals surface area contributed by atoms with Crippen LogP contribution >= 0.6 is 0 Å². The summed E-state index contributed by atoms with van der Waals surface area (Å²) in [6, 6.07) is 4.73. The molecule has 0 aromatic heterocycles. The third-order valence-electron chi connectivity index (χ3n) is 5.03. The predicted molar refractivity (Wildman–Crippen MR) is 87.3 cm³/mol. The van der Waals surface area contributed by atoms with Crippen LogP contribution in [-0.2, 0) is 4.79 Å². The van der Waals surface area contributed by atoms with E-state index in [1.54, 1.807) is 19.1 Å². The van der Waals surface area contributed by atoms with Crippen molar-refractivity contribution in [1.29, 1.82) is 0 Å². The second-order valence-electron chi connectivity index (χ2n) is 6.64. The highest BCUT2D eigenvalue weighted by Crippen LogP contribution is 2.26. The number of phenolic OH excluding ortho intramolecular Hbond substituents is 1. The zero-order chi connectivity index (χ0) is 16.4. The van der Waals surface area contributed by atoms with Crippen molar-refractivity contribution in [2.24, 2.45) is 0 Å². The molecule has 0 bridgehead atoms. The van der Waals surface area contributed by atoms with Gasteiger partial charge in [0, 0.05) is 18.2 Å². The van der Waals surface area contributed by atoms with Gasteiger partial charge in [0.2, 0.25) is 5.91 Å². The number of rotatable bonds is 3. The molecular weight excluding hydrogens is 292 g/mol. The van der Waals surface area contributed by atoms with Crippen LogP contribution in [0.5, 0.6) is 5.75 Å². The molecule has 5 heteroatoms. The van der Waals surface area contributed by atoms with Gasteiger partial charge in [-0.25, -0.2) is 0 Å². The van der Waals surface area contributed by atoms with E-state index in [0.717, 1.165) is 24.9 Å². The molecule has 2 fully saturated rings. The van der Waals surface area contributed by atoms with Crippen LogP contribution in [0.2, 0.25) is 0 Å². The number of nitrogens with zero attached hydrogens (tertiary/aromatic N) is 1. The van der Waals surface area contributed by atoms with E-state index in [1.807, 2.05) is 4.90 Å². The molecule has 1 aliphatic heterocycles. The Morgan fingerprint density at radius 2 is 1.96 bits per heavy atom. The van der Waals surface area contributed by atoms with Crippen molar-refractivity contribution < 1.29 is 14.7 Å². The fourth-order valence-electron chi connectivity index (χ4n) is 3.58. The number of nitrogens with one attached hydrogen (secondary N) is 1. The fraction of sp³-hybridized carbons (Fsp3) is 0.556. The van der Waals surface area contributed by atoms with Gasteiger partial charge in [0.05, 0.1) is 0 Å². The van der Waals surface area contributed by atoms with Crippen molar-refractivity contribution in [1.82, 2.24) is 10.2 Å². The lowest BCUT2D eigenvalue weighted by atomic mass is 9.94. The molecule has 1 aromatic carbocycles. The van der Waals surface area contributed by atoms with Crippen LogP contribution in [0.25, 0.3) is 0 Å². The van der Waals surface area contributed by atoms with Crippen LogP contribution in [0.4, 0.5) is 0 Å². The van der Waals surface area contributed by atoms with Crippen molar-refractivity contribution in [3.05, 3.63) is 29.3 Å². The van der Waals surface area contributed by atoms with Crippen LogP contribution in [0.1, 0.15) is 54.4 Å². The summed E-state index contributed by atoms with van der Waals surface area (Å²) in [5, 5.41) is 12.5. The van der Waals surface area contributed by atoms with Gasteiger partial charge in [-0.1, -0.05) is 25.3 Å². The summed E-state index contributed by atoms with van der Waals surface area (Å²) >= 11 is 0. The quantitative estimate of drug-likeness (QED) is 0.899. The smallest absolute Gasteiger partial charge is 0.252 e. The van der Waals surface area contributed by atoms with E-state index in [0.29, 0.717) is 18.0 Å². The summed E-state index contributed by atoms with van der Waals surface area (Å²) in [4.78, 5) is 26.8. The molecule has 2 N–H and O–H groups in total. The highest BCUT2D eigenvalue weighted by atomic mass is 16.3. The molecule has 1 aliphatic carbocycles. The first-order valence-corrected chi connectivity index (χ1v) is 8.47. The van der Waals surface area contributed by atoms with E-state index in [2.05, 4.69) is 5.32 Å². The standard InChI is InChI=1S/C18H24N2O3/c1-12-7-8-13(11-16(12)21)17(22)19-15-9-10-20(18(15)23)14-5-3-2-4-6-14/h7-8,11,14-15,21H,2-6,9-10H2,1H3,(H,19,22)/t15-/m0/s1. The lowest BCUT2D eigenvalue weighted by molar-refractivity contribution is -0.131. The van der Waals surface area contributed by atoms with Gasteiger partial charge in [-0.05, 0) is 43.9 Å². The van der Waals surface area contributed by atoms with Gasteiger partial charge >= 0.3 is 0 Å². The van der Waals surface area contributed by atoms with Gasteiger partial charge in [0.1, 0.15) is 11.8 Å². The summed E-state index contributed by atoms with van der Waals surface area (Å²) < 4.78 is 0. The first-order chi connectivity index (χ1) is 11.1. The van der Waals surface area contributed by atoms with Crippen molar-refractivity contribution in [3.8, 4) is 5.75 Å². The molecule has 5 nitrogen and oxygen atoms in total. The second kappa shape index (κ2) is 6.60. The number of carbonyl (C=O) groups is 2. The molecule has 0 unspecified atom stereocenters. The SMILES string of the molecule is Cc1ccc(C(=O)N[C@H]2CCN(C3CCCCC3)C2=O)cc1O. The minimum Gasteiger partial charge on any atom is -0.508 e. The first kappa shape index (κ1) is 15.8. The summed E-state index contributed by atoms with van der Waals surface area (Å²) in [5.74, 6) is -0.162. The van der Waals surface area contributed by atoms with Crippen molar-refractivity contribution in [2.75, 3.05) is 6.54 Å². The molecule has 2 amide bonds. The molecule has 2 aliphatic rings. The van der Waals surface area contributed by atoms with Crippen molar-refractivity contribution in [2.45, 2.75) is 57.5 Å². The molecule has 0 radical (unpaired) electrons. The minimum atomic E-state index is -0.437. The van der Waals surface area contributed by atoms with Crippen molar-refractivity contribution in [3.63, 3.8) is 0 Å². The highest BCUT2D eigenvalue weighted by molar-refractivity contribution is 5.98. The molecule has 1 saturated heterocycles. The van der Waals surface area contributed by atoms with Gasteiger partial charge in [0.15, 0.2) is 0 Å². The molecule has 1 heterocycles. The minimum absolute atomic E-state index is 0.0431. The van der Waals surface area contributed by atoms with E-state index in [1.165, 1.54) is 25.3 Å². The average molecular weight is 316 g/mol. The monoisotopic (exact) mass is 316 g/mol. The summed E-state index contributed by atoms with van der Waals surface area (Å²) in [6.45, 7) is 2.51. The number of aryl methyl sites for hydroxylation is 1. The zero-order valence-corrected chi connectivity index (χ0v) is 13.5. The molecule has 1 aromatic rings. The molecule has 124 valence electrons. The maximum Gasteiger partial charge on any atom is 0.252 e. The topological polar surface area (TPSA) is 69.6 Å². The first-order valence-electron chi connectivity index (χ1n) is 8.47. The Hall–Kier alpha value is -2.04. The van der Waals surface area contributed by atoms with E-state index in [-0.39, 0.29) is 17.6 Å². The fourth-order valence-corrected chi connectivity index (χ4v) is 3.58. The van der Waals surface area contributed by atoms with Gasteiger partial charge in [-0.15, -0.1) is 0 Å². The molecule has 1 saturated carbocycles. The summed E-state index contributed by atoms with van der Waals surface area (Å²) in [5.41, 5.74) is 1.11. The lowest BCUT2D eigenvalue weighted by Crippen LogP contribution is -2.45. The third-order valence-corrected chi connectivity index (χ3v) is 5.03. The van der Waals surface area contributed by atoms with E-state index in [4.69, 9.17) is 0 Å². The lowest BCUT2D eigenvalue weighted by Gasteiger charge is -2.31. The number of benzene rings is 1. The summed E-state index contributed by atoms with van der Waals surface area (Å²) in [6.07, 6.45) is 6.47. The Balaban J connectivity index is 1.62. The van der Waals surface area contributed by atoms with Crippen LogP contribution < -0.4 is 5.32 Å². The number of likely N-dealkylation sites (tertiary alicyclic amines) is 1. The van der Waals surface area contributed by atoms with Gasteiger partial charge in [-0.2, -0.15) is 0 Å². The average Bonchev–Trinajstić information content (AvgIpc) is 2.92. The summed E-state index contributed by atoms with van der Waals surface area (Å²) in [7, 11) is 0. The highest BCUT2D eigenvalue weighted by Gasteiger charge is 2.37. The Bertz CT molecular complexity index is 608. The van der Waals surface area contributed by atoms with Crippen LogP contribution in [0, 0.1) is 6.92 Å². The van der Waals surface area contributed by atoms with E-state index >= 15 is 0 Å². The number of aromatic hydroxyl groups is 1. The molecule has 1 atom stereocenters. The van der Waals surface area contributed by atoms with Crippen LogP contribution in [0.3, 0.4) is 0 Å². The molecular formula is C18H24N2O3. The largest absolute Gasteiger partial charge is 0.508 e. The van der Waals surface area contributed by atoms with Crippen LogP contribution in [0.15, 0.2) is 18.2 Å². The number of phenols is 1. The van der Waals surface area contributed by atoms with E-state index in [9.17, 15) is 14.7 Å². The number of amides is 2. The Kier molecular flexibility index (Phi) is 4.55. The predicted octanol–water partition coefficient (Wildman–Crippen LogP) is 2.36. The van der Waals surface area contributed by atoms with Gasteiger partial charge in [-0.3, -0.25) is 9.59 Å². The molecule has 3 rings (SSSR count). The second-order valence-corrected chi connectivity index (χ2v) is 6.64. The number of carbonyl (C=O) groups excluding carboxylic acids is 2. The van der Waals surface area contributed by atoms with Gasteiger partial charge < -0.3 is 15.3 Å². The third kappa shape index (κ3) is 3.33.